The standard InChI is InChI=1S/C11H13ClN4S/c1-16(7-9-2-3-10(12)17-9)11-14-5-8(4-13)6-15-11/h2-3,5-6H,4,7,13H2,1H3. The third-order valence-corrected chi connectivity index (χ3v) is 3.51. The van der Waals surface area contributed by atoms with Gasteiger partial charge in [-0.3, -0.25) is 0 Å². The Morgan fingerprint density at radius 2 is 2.06 bits per heavy atom. The third kappa shape index (κ3) is 3.15. The van der Waals surface area contributed by atoms with Gasteiger partial charge in [-0.1, -0.05) is 11.6 Å². The van der Waals surface area contributed by atoms with E-state index < -0.39 is 0 Å². The Morgan fingerprint density at radius 1 is 1.35 bits per heavy atom. The number of nitrogens with zero attached hydrogens (tertiary/aromatic N) is 3. The summed E-state index contributed by atoms with van der Waals surface area (Å²) in [6.45, 7) is 1.21. The summed E-state index contributed by atoms with van der Waals surface area (Å²) >= 11 is 7.45. The Balaban J connectivity index is 2.06. The molecule has 0 fully saturated rings. The minimum Gasteiger partial charge on any atom is -0.339 e. The molecule has 0 aliphatic heterocycles. The zero-order valence-electron chi connectivity index (χ0n) is 9.43. The predicted octanol–water partition coefficient (Wildman–Crippen LogP) is 2.29. The van der Waals surface area contributed by atoms with E-state index in [1.54, 1.807) is 23.7 Å². The van der Waals surface area contributed by atoms with Crippen molar-refractivity contribution in [1.29, 1.82) is 0 Å². The predicted molar refractivity (Wildman–Crippen MR) is 71.4 cm³/mol. The molecule has 0 aliphatic carbocycles. The largest absolute Gasteiger partial charge is 0.339 e. The summed E-state index contributed by atoms with van der Waals surface area (Å²) in [5, 5.41) is 0. The van der Waals surface area contributed by atoms with Crippen molar-refractivity contribution >= 4 is 28.9 Å². The molecule has 2 rings (SSSR count). The van der Waals surface area contributed by atoms with E-state index in [0.717, 1.165) is 16.4 Å². The second-order valence-corrected chi connectivity index (χ2v) is 5.46. The van der Waals surface area contributed by atoms with Gasteiger partial charge in [-0.25, -0.2) is 9.97 Å². The molecule has 0 bridgehead atoms. The van der Waals surface area contributed by atoms with E-state index >= 15 is 0 Å². The van der Waals surface area contributed by atoms with E-state index in [-0.39, 0.29) is 0 Å². The summed E-state index contributed by atoms with van der Waals surface area (Å²) in [5.41, 5.74) is 6.43. The van der Waals surface area contributed by atoms with Crippen molar-refractivity contribution < 1.29 is 0 Å². The van der Waals surface area contributed by atoms with Gasteiger partial charge in [-0.05, 0) is 12.1 Å². The van der Waals surface area contributed by atoms with Crippen LogP contribution in [0, 0.1) is 0 Å². The fourth-order valence-electron chi connectivity index (χ4n) is 1.39. The zero-order valence-corrected chi connectivity index (χ0v) is 11.0. The minimum atomic E-state index is 0.463. The van der Waals surface area contributed by atoms with Crippen LogP contribution in [0.5, 0.6) is 0 Å². The summed E-state index contributed by atoms with van der Waals surface area (Å²) in [6, 6.07) is 3.91. The maximum absolute atomic E-state index is 5.88. The maximum Gasteiger partial charge on any atom is 0.225 e. The SMILES string of the molecule is CN(Cc1ccc(Cl)s1)c1ncc(CN)cn1. The topological polar surface area (TPSA) is 55.0 Å². The third-order valence-electron chi connectivity index (χ3n) is 2.29. The van der Waals surface area contributed by atoms with Crippen molar-refractivity contribution in [2.45, 2.75) is 13.1 Å². The molecule has 0 aliphatic rings. The van der Waals surface area contributed by atoms with E-state index in [1.807, 2.05) is 24.1 Å². The summed E-state index contributed by atoms with van der Waals surface area (Å²) in [7, 11) is 1.95. The lowest BCUT2D eigenvalue weighted by molar-refractivity contribution is 0.868. The smallest absolute Gasteiger partial charge is 0.225 e. The Hall–Kier alpha value is -1.17. The van der Waals surface area contributed by atoms with Gasteiger partial charge < -0.3 is 10.6 Å². The highest BCUT2D eigenvalue weighted by atomic mass is 35.5. The molecule has 0 saturated heterocycles. The normalized spacial score (nSPS) is 10.5. The zero-order chi connectivity index (χ0) is 12.3. The fraction of sp³-hybridized carbons (Fsp3) is 0.273. The van der Waals surface area contributed by atoms with Gasteiger partial charge in [-0.2, -0.15) is 0 Å². The Bertz CT molecular complexity index is 482. The molecule has 90 valence electrons. The quantitative estimate of drug-likeness (QED) is 0.924. The van der Waals surface area contributed by atoms with Gasteiger partial charge >= 0.3 is 0 Å². The van der Waals surface area contributed by atoms with Crippen molar-refractivity contribution in [1.82, 2.24) is 9.97 Å². The van der Waals surface area contributed by atoms with Crippen LogP contribution in [-0.4, -0.2) is 17.0 Å². The molecule has 17 heavy (non-hydrogen) atoms. The van der Waals surface area contributed by atoms with Crippen LogP contribution in [-0.2, 0) is 13.1 Å². The number of rotatable bonds is 4. The lowest BCUT2D eigenvalue weighted by atomic mass is 10.3. The number of aromatic nitrogens is 2. The molecule has 0 saturated carbocycles. The number of hydrogen-bond donors (Lipinski definition) is 1. The maximum atomic E-state index is 5.88. The van der Waals surface area contributed by atoms with Gasteiger partial charge in [0.1, 0.15) is 0 Å². The molecule has 0 radical (unpaired) electrons. The van der Waals surface area contributed by atoms with Crippen LogP contribution in [0.2, 0.25) is 4.34 Å². The summed E-state index contributed by atoms with van der Waals surface area (Å²) in [5.74, 6) is 0.687. The fourth-order valence-corrected chi connectivity index (χ4v) is 2.53. The van der Waals surface area contributed by atoms with Crippen LogP contribution in [0.4, 0.5) is 5.95 Å². The Morgan fingerprint density at radius 3 is 2.59 bits per heavy atom. The summed E-state index contributed by atoms with van der Waals surface area (Å²) < 4.78 is 0.799. The highest BCUT2D eigenvalue weighted by molar-refractivity contribution is 7.16. The first-order valence-corrected chi connectivity index (χ1v) is 6.35. The Labute approximate surface area is 109 Å². The molecule has 2 aromatic rings. The lowest BCUT2D eigenvalue weighted by Crippen LogP contribution is -2.18. The monoisotopic (exact) mass is 268 g/mol. The number of thiophene rings is 1. The Kier molecular flexibility index (Phi) is 3.93. The molecule has 2 aromatic heterocycles. The molecular weight excluding hydrogens is 256 g/mol. The van der Waals surface area contributed by atoms with Crippen molar-refractivity contribution in [3.05, 3.63) is 39.3 Å². The van der Waals surface area contributed by atoms with Crippen molar-refractivity contribution in [2.75, 3.05) is 11.9 Å². The second-order valence-electron chi connectivity index (χ2n) is 3.66. The first kappa shape index (κ1) is 12.3. The van der Waals surface area contributed by atoms with E-state index in [2.05, 4.69) is 9.97 Å². The summed E-state index contributed by atoms with van der Waals surface area (Å²) in [6.07, 6.45) is 3.50. The van der Waals surface area contributed by atoms with Crippen LogP contribution in [0.1, 0.15) is 10.4 Å². The van der Waals surface area contributed by atoms with Gasteiger partial charge in [0.15, 0.2) is 0 Å². The van der Waals surface area contributed by atoms with E-state index in [9.17, 15) is 0 Å². The molecule has 0 unspecified atom stereocenters. The number of anilines is 1. The minimum absolute atomic E-state index is 0.463. The highest BCUT2D eigenvalue weighted by Crippen LogP contribution is 2.23. The molecule has 0 atom stereocenters. The van der Waals surface area contributed by atoms with Crippen LogP contribution in [0.3, 0.4) is 0 Å². The average Bonchev–Trinajstić information content (AvgIpc) is 2.75. The van der Waals surface area contributed by atoms with E-state index in [4.69, 9.17) is 17.3 Å². The van der Waals surface area contributed by atoms with Crippen LogP contribution in [0.15, 0.2) is 24.5 Å². The summed E-state index contributed by atoms with van der Waals surface area (Å²) in [4.78, 5) is 11.7. The highest BCUT2D eigenvalue weighted by Gasteiger charge is 2.06. The molecule has 2 N–H and O–H groups in total. The number of halogens is 1. The molecule has 4 nitrogen and oxygen atoms in total. The molecular formula is C11H13ClN4S. The van der Waals surface area contributed by atoms with Crippen molar-refractivity contribution in [2.24, 2.45) is 5.73 Å². The molecule has 6 heteroatoms. The first-order valence-electron chi connectivity index (χ1n) is 5.15. The van der Waals surface area contributed by atoms with Crippen LogP contribution < -0.4 is 10.6 Å². The van der Waals surface area contributed by atoms with Crippen molar-refractivity contribution in [3.63, 3.8) is 0 Å². The van der Waals surface area contributed by atoms with Gasteiger partial charge in [0.25, 0.3) is 0 Å². The molecule has 0 spiro atoms. The van der Waals surface area contributed by atoms with Crippen molar-refractivity contribution in [3.8, 4) is 0 Å². The average molecular weight is 269 g/mol. The van der Waals surface area contributed by atoms with Crippen LogP contribution >= 0.6 is 22.9 Å². The number of hydrogen-bond acceptors (Lipinski definition) is 5. The lowest BCUT2D eigenvalue weighted by Gasteiger charge is -2.15. The molecule has 0 aromatic carbocycles. The van der Waals surface area contributed by atoms with Gasteiger partial charge in [-0.15, -0.1) is 11.3 Å². The van der Waals surface area contributed by atoms with Gasteiger partial charge in [0, 0.05) is 36.4 Å². The second kappa shape index (κ2) is 5.44. The van der Waals surface area contributed by atoms with Crippen LogP contribution in [0.25, 0.3) is 0 Å². The molecule has 2 heterocycles. The van der Waals surface area contributed by atoms with Gasteiger partial charge in [0.2, 0.25) is 5.95 Å². The van der Waals surface area contributed by atoms with E-state index in [0.29, 0.717) is 12.5 Å². The number of nitrogens with two attached hydrogens (primary N) is 1. The van der Waals surface area contributed by atoms with Gasteiger partial charge in [0.05, 0.1) is 10.9 Å². The molecule has 0 amide bonds. The first-order chi connectivity index (χ1) is 8.19. The van der Waals surface area contributed by atoms with E-state index in [1.165, 1.54) is 4.88 Å².